The first-order valence-electron chi connectivity index (χ1n) is 10.8. The highest BCUT2D eigenvalue weighted by Gasteiger charge is 2.23. The van der Waals surface area contributed by atoms with Gasteiger partial charge < -0.3 is 19.4 Å². The molecular weight excluding hydrogens is 438 g/mol. The maximum absolute atomic E-state index is 12.8. The van der Waals surface area contributed by atoms with Crippen LogP contribution in [0.25, 0.3) is 10.9 Å². The van der Waals surface area contributed by atoms with Crippen LogP contribution in [0.1, 0.15) is 38.8 Å². The number of nitrogens with zero attached hydrogens (tertiary/aromatic N) is 3. The van der Waals surface area contributed by atoms with Gasteiger partial charge in [-0.1, -0.05) is 0 Å². The van der Waals surface area contributed by atoms with Crippen LogP contribution in [-0.4, -0.2) is 40.7 Å². The molecule has 10 heteroatoms. The molecular formula is C24H29N5O5. The molecule has 1 aromatic carbocycles. The van der Waals surface area contributed by atoms with E-state index < -0.39 is 23.4 Å². The van der Waals surface area contributed by atoms with Crippen LogP contribution >= 0.6 is 0 Å². The summed E-state index contributed by atoms with van der Waals surface area (Å²) in [5.74, 6) is -0.253. The van der Waals surface area contributed by atoms with Gasteiger partial charge in [-0.05, 0) is 70.0 Å². The van der Waals surface area contributed by atoms with Crippen LogP contribution in [0.3, 0.4) is 0 Å². The molecule has 0 aliphatic rings. The molecule has 0 unspecified atom stereocenters. The highest BCUT2D eigenvalue weighted by atomic mass is 16.6. The molecule has 3 aromatic rings. The van der Waals surface area contributed by atoms with Gasteiger partial charge in [-0.25, -0.2) is 9.59 Å². The van der Waals surface area contributed by atoms with Crippen molar-refractivity contribution in [2.45, 2.75) is 52.8 Å². The van der Waals surface area contributed by atoms with Crippen molar-refractivity contribution in [2.75, 3.05) is 17.3 Å². The fraction of sp³-hybridized carbons (Fsp3) is 0.375. The molecule has 2 amide bonds. The minimum absolute atomic E-state index is 0.0105. The van der Waals surface area contributed by atoms with Gasteiger partial charge in [-0.3, -0.25) is 15.1 Å². The van der Waals surface area contributed by atoms with Gasteiger partial charge >= 0.3 is 17.7 Å². The van der Waals surface area contributed by atoms with Crippen LogP contribution in [0.5, 0.6) is 0 Å². The van der Waals surface area contributed by atoms with E-state index in [4.69, 9.17) is 9.15 Å². The Morgan fingerprint density at radius 2 is 1.85 bits per heavy atom. The Morgan fingerprint density at radius 1 is 1.18 bits per heavy atom. The lowest BCUT2D eigenvalue weighted by Gasteiger charge is -2.23. The molecule has 0 fully saturated rings. The minimum Gasteiger partial charge on any atom is -0.444 e. The summed E-state index contributed by atoms with van der Waals surface area (Å²) in [6.07, 6.45) is 2.68. The number of carbonyl (C=O) groups excluding carboxylic acids is 2. The van der Waals surface area contributed by atoms with Crippen molar-refractivity contribution in [3.05, 3.63) is 58.2 Å². The quantitative estimate of drug-likeness (QED) is 0.565. The summed E-state index contributed by atoms with van der Waals surface area (Å²) in [6.45, 7) is 9.00. The van der Waals surface area contributed by atoms with Crippen molar-refractivity contribution in [3.63, 3.8) is 0 Å². The molecule has 0 saturated heterocycles. The van der Waals surface area contributed by atoms with Gasteiger partial charge in [0.15, 0.2) is 0 Å². The van der Waals surface area contributed by atoms with E-state index >= 15 is 0 Å². The lowest BCUT2D eigenvalue weighted by molar-refractivity contribution is -0.122. The zero-order chi connectivity index (χ0) is 25.0. The number of anilines is 2. The molecule has 0 aliphatic heterocycles. The number of nitrogens with one attached hydrogen (secondary N) is 2. The monoisotopic (exact) mass is 467 g/mol. The van der Waals surface area contributed by atoms with Crippen LogP contribution < -0.4 is 21.2 Å². The summed E-state index contributed by atoms with van der Waals surface area (Å²) in [5.41, 5.74) is 0.940. The second-order valence-corrected chi connectivity index (χ2v) is 8.90. The first-order chi connectivity index (χ1) is 16.0. The number of carbonyl (C=O) groups is 2. The second kappa shape index (κ2) is 9.90. The normalized spacial score (nSPS) is 12.2. The fourth-order valence-electron chi connectivity index (χ4n) is 3.19. The van der Waals surface area contributed by atoms with Crippen LogP contribution in [0.4, 0.5) is 16.5 Å². The topological polar surface area (TPSA) is 127 Å². The molecule has 34 heavy (non-hydrogen) atoms. The molecule has 2 N–H and O–H groups in total. The van der Waals surface area contributed by atoms with Gasteiger partial charge in [-0.15, -0.1) is 0 Å². The first-order valence-corrected chi connectivity index (χ1v) is 10.8. The average Bonchev–Trinajstić information content (AvgIpc) is 2.77. The fourth-order valence-corrected chi connectivity index (χ4v) is 3.19. The Bertz CT molecular complexity index is 1250. The second-order valence-electron chi connectivity index (χ2n) is 8.90. The predicted molar refractivity (Wildman–Crippen MR) is 129 cm³/mol. The predicted octanol–water partition coefficient (Wildman–Crippen LogP) is 3.38. The molecule has 0 spiro atoms. The van der Waals surface area contributed by atoms with E-state index in [9.17, 15) is 14.4 Å². The number of aryl methyl sites for hydroxylation is 1. The molecule has 0 bridgehead atoms. The van der Waals surface area contributed by atoms with Crippen molar-refractivity contribution in [3.8, 4) is 0 Å². The first kappa shape index (κ1) is 24.7. The molecule has 2 heterocycles. The third-order valence-electron chi connectivity index (χ3n) is 5.16. The number of aromatic nitrogens is 2. The zero-order valence-electron chi connectivity index (χ0n) is 20.1. The molecule has 10 nitrogen and oxygen atoms in total. The molecule has 0 saturated carbocycles. The number of hydrogen-bond donors (Lipinski definition) is 2. The summed E-state index contributed by atoms with van der Waals surface area (Å²) < 4.78 is 10.7. The van der Waals surface area contributed by atoms with Crippen molar-refractivity contribution in [1.82, 2.24) is 15.3 Å². The number of likely N-dealkylation sites (N-methyl/N-ethyl adjacent to an activating group) is 1. The smallest absolute Gasteiger partial charge is 0.412 e. The number of amides is 2. The Labute approximate surface area is 197 Å². The molecule has 3 rings (SSSR count). The number of fused-ring (bicyclic) bond motifs is 1. The number of pyridine rings is 1. The summed E-state index contributed by atoms with van der Waals surface area (Å²) in [6, 6.07) is 6.24. The van der Waals surface area contributed by atoms with Crippen LogP contribution in [0.2, 0.25) is 0 Å². The van der Waals surface area contributed by atoms with Crippen LogP contribution in [0.15, 0.2) is 45.9 Å². The SMILES string of the molecule is Cc1c(NC(=O)OC(C)(C)C)ccc2nc(N(C)[C@@H](C)C(=O)NCc3ccncc3)oc(=O)c12. The Balaban J connectivity index is 1.79. The lowest BCUT2D eigenvalue weighted by atomic mass is 10.1. The van der Waals surface area contributed by atoms with Gasteiger partial charge in [0.25, 0.3) is 0 Å². The summed E-state index contributed by atoms with van der Waals surface area (Å²) >= 11 is 0. The van der Waals surface area contributed by atoms with Gasteiger partial charge in [0.1, 0.15) is 11.6 Å². The van der Waals surface area contributed by atoms with Crippen molar-refractivity contribution >= 4 is 34.6 Å². The summed E-state index contributed by atoms with van der Waals surface area (Å²) in [7, 11) is 1.62. The average molecular weight is 468 g/mol. The Morgan fingerprint density at radius 3 is 2.50 bits per heavy atom. The Hall–Kier alpha value is -3.95. The minimum atomic E-state index is -0.657. The number of ether oxygens (including phenoxy) is 1. The van der Waals surface area contributed by atoms with E-state index in [1.165, 1.54) is 4.90 Å². The largest absolute Gasteiger partial charge is 0.444 e. The van der Waals surface area contributed by atoms with E-state index in [1.54, 1.807) is 66.2 Å². The van der Waals surface area contributed by atoms with E-state index in [0.717, 1.165) is 5.56 Å². The van der Waals surface area contributed by atoms with Gasteiger partial charge in [-0.2, -0.15) is 4.98 Å². The molecule has 1 atom stereocenters. The van der Waals surface area contributed by atoms with E-state index in [2.05, 4.69) is 20.6 Å². The van der Waals surface area contributed by atoms with E-state index in [-0.39, 0.29) is 17.3 Å². The van der Waals surface area contributed by atoms with Gasteiger partial charge in [0.2, 0.25) is 5.91 Å². The van der Waals surface area contributed by atoms with Crippen LogP contribution in [0, 0.1) is 6.92 Å². The number of benzene rings is 1. The third-order valence-corrected chi connectivity index (χ3v) is 5.16. The zero-order valence-corrected chi connectivity index (χ0v) is 20.1. The van der Waals surface area contributed by atoms with Gasteiger partial charge in [0.05, 0.1) is 10.9 Å². The van der Waals surface area contributed by atoms with Crippen molar-refractivity contribution in [1.29, 1.82) is 0 Å². The van der Waals surface area contributed by atoms with Crippen molar-refractivity contribution < 1.29 is 18.7 Å². The molecule has 180 valence electrons. The van der Waals surface area contributed by atoms with Crippen molar-refractivity contribution in [2.24, 2.45) is 0 Å². The summed E-state index contributed by atoms with van der Waals surface area (Å²) in [4.78, 5) is 47.4. The Kier molecular flexibility index (Phi) is 7.19. The van der Waals surface area contributed by atoms with Crippen LogP contribution in [-0.2, 0) is 16.1 Å². The highest BCUT2D eigenvalue weighted by Crippen LogP contribution is 2.25. The number of rotatable bonds is 6. The van der Waals surface area contributed by atoms with E-state index in [1.807, 2.05) is 12.1 Å². The lowest BCUT2D eigenvalue weighted by Crippen LogP contribution is -2.43. The standard InChI is InChI=1S/C24H29N5O5/c1-14-17(28-23(32)34-24(3,4)5)7-8-18-19(14)21(31)33-22(27-18)29(6)15(2)20(30)26-13-16-9-11-25-12-10-16/h7-12,15H,13H2,1-6H3,(H,26,30)(H,28,32)/t15-/m0/s1. The third kappa shape index (κ3) is 5.89. The molecule has 2 aromatic heterocycles. The molecule has 0 aliphatic carbocycles. The number of hydrogen-bond acceptors (Lipinski definition) is 8. The maximum atomic E-state index is 12.8. The highest BCUT2D eigenvalue weighted by molar-refractivity contribution is 5.93. The molecule has 0 radical (unpaired) electrons. The summed E-state index contributed by atoms with van der Waals surface area (Å²) in [5, 5.41) is 5.73. The maximum Gasteiger partial charge on any atom is 0.412 e. The van der Waals surface area contributed by atoms with E-state index in [0.29, 0.717) is 23.3 Å². The van der Waals surface area contributed by atoms with Gasteiger partial charge in [0, 0.05) is 31.7 Å².